The van der Waals surface area contributed by atoms with E-state index in [0.717, 1.165) is 33.1 Å². The van der Waals surface area contributed by atoms with Crippen LogP contribution in [-0.4, -0.2) is 7.11 Å². The SMILES string of the molecule is COc1c(C)c(C)c(Cl)c(C)c1NN. The number of hydrogen-bond acceptors (Lipinski definition) is 3. The van der Waals surface area contributed by atoms with Gasteiger partial charge >= 0.3 is 0 Å². The summed E-state index contributed by atoms with van der Waals surface area (Å²) in [7, 11) is 1.62. The normalized spacial score (nSPS) is 10.1. The van der Waals surface area contributed by atoms with Gasteiger partial charge in [0.05, 0.1) is 12.8 Å². The smallest absolute Gasteiger partial charge is 0.146 e. The van der Waals surface area contributed by atoms with Gasteiger partial charge in [-0.3, -0.25) is 5.84 Å². The van der Waals surface area contributed by atoms with Gasteiger partial charge in [-0.15, -0.1) is 0 Å². The highest BCUT2D eigenvalue weighted by Crippen LogP contribution is 2.38. The minimum atomic E-state index is 0.733. The zero-order valence-corrected chi connectivity index (χ0v) is 9.62. The van der Waals surface area contributed by atoms with Crippen molar-refractivity contribution in [1.82, 2.24) is 0 Å². The molecule has 0 aromatic heterocycles. The topological polar surface area (TPSA) is 47.3 Å². The summed E-state index contributed by atoms with van der Waals surface area (Å²) in [6, 6.07) is 0. The summed E-state index contributed by atoms with van der Waals surface area (Å²) >= 11 is 6.14. The Labute approximate surface area is 89.2 Å². The van der Waals surface area contributed by atoms with Crippen LogP contribution in [0.4, 0.5) is 5.69 Å². The summed E-state index contributed by atoms with van der Waals surface area (Å²) in [4.78, 5) is 0. The molecule has 0 unspecified atom stereocenters. The van der Waals surface area contributed by atoms with E-state index in [0.29, 0.717) is 0 Å². The highest BCUT2D eigenvalue weighted by molar-refractivity contribution is 6.32. The Morgan fingerprint density at radius 1 is 1.14 bits per heavy atom. The maximum absolute atomic E-state index is 6.14. The van der Waals surface area contributed by atoms with Crippen LogP contribution in [0.5, 0.6) is 5.75 Å². The van der Waals surface area contributed by atoms with Crippen molar-refractivity contribution in [3.05, 3.63) is 21.7 Å². The van der Waals surface area contributed by atoms with Crippen LogP contribution in [0.1, 0.15) is 16.7 Å². The van der Waals surface area contributed by atoms with E-state index in [2.05, 4.69) is 5.43 Å². The first-order valence-corrected chi connectivity index (χ1v) is 4.72. The number of ether oxygens (including phenoxy) is 1. The number of benzene rings is 1. The molecule has 0 aliphatic rings. The monoisotopic (exact) mass is 214 g/mol. The molecule has 0 fully saturated rings. The number of nitrogen functional groups attached to an aromatic ring is 1. The molecule has 4 heteroatoms. The highest BCUT2D eigenvalue weighted by atomic mass is 35.5. The van der Waals surface area contributed by atoms with E-state index in [1.165, 1.54) is 0 Å². The molecule has 3 N–H and O–H groups in total. The summed E-state index contributed by atoms with van der Waals surface area (Å²) in [6.45, 7) is 5.83. The van der Waals surface area contributed by atoms with E-state index in [1.54, 1.807) is 7.11 Å². The Morgan fingerprint density at radius 2 is 1.71 bits per heavy atom. The van der Waals surface area contributed by atoms with Gasteiger partial charge in [-0.2, -0.15) is 0 Å². The number of anilines is 1. The lowest BCUT2D eigenvalue weighted by molar-refractivity contribution is 0.413. The fourth-order valence-corrected chi connectivity index (χ4v) is 1.75. The molecule has 0 saturated heterocycles. The van der Waals surface area contributed by atoms with Crippen LogP contribution in [-0.2, 0) is 0 Å². The highest BCUT2D eigenvalue weighted by Gasteiger charge is 2.15. The number of hydrazine groups is 1. The molecule has 14 heavy (non-hydrogen) atoms. The zero-order valence-electron chi connectivity index (χ0n) is 8.86. The van der Waals surface area contributed by atoms with Gasteiger partial charge in [0.25, 0.3) is 0 Å². The van der Waals surface area contributed by atoms with Gasteiger partial charge in [0, 0.05) is 5.02 Å². The van der Waals surface area contributed by atoms with Crippen molar-refractivity contribution in [3.8, 4) is 5.75 Å². The maximum Gasteiger partial charge on any atom is 0.146 e. The van der Waals surface area contributed by atoms with Crippen LogP contribution in [0.25, 0.3) is 0 Å². The third-order valence-electron chi connectivity index (χ3n) is 2.51. The number of nitrogens with two attached hydrogens (primary N) is 1. The minimum Gasteiger partial charge on any atom is -0.494 e. The van der Waals surface area contributed by atoms with E-state index in [-0.39, 0.29) is 0 Å². The molecule has 0 bridgehead atoms. The van der Waals surface area contributed by atoms with Crippen LogP contribution in [0.3, 0.4) is 0 Å². The van der Waals surface area contributed by atoms with E-state index in [4.69, 9.17) is 22.2 Å². The van der Waals surface area contributed by atoms with Crippen molar-refractivity contribution < 1.29 is 4.74 Å². The summed E-state index contributed by atoms with van der Waals surface area (Å²) in [5, 5.41) is 0.733. The molecule has 3 nitrogen and oxygen atoms in total. The molecule has 0 aliphatic heterocycles. The lowest BCUT2D eigenvalue weighted by Gasteiger charge is -2.17. The molecule has 1 aromatic rings. The standard InChI is InChI=1S/C10H15ClN2O/c1-5-6(2)10(14-4)9(13-12)7(3)8(5)11/h13H,12H2,1-4H3. The summed E-state index contributed by atoms with van der Waals surface area (Å²) in [6.07, 6.45) is 0. The number of hydrogen-bond donors (Lipinski definition) is 2. The fraction of sp³-hybridized carbons (Fsp3) is 0.400. The molecule has 0 heterocycles. The molecule has 0 spiro atoms. The van der Waals surface area contributed by atoms with Crippen molar-refractivity contribution in [2.24, 2.45) is 5.84 Å². The maximum atomic E-state index is 6.14. The molecule has 0 aliphatic carbocycles. The molecule has 0 amide bonds. The predicted molar refractivity (Wildman–Crippen MR) is 60.0 cm³/mol. The van der Waals surface area contributed by atoms with E-state index in [1.807, 2.05) is 20.8 Å². The molecule has 0 radical (unpaired) electrons. The molecule has 0 atom stereocenters. The van der Waals surface area contributed by atoms with Crippen molar-refractivity contribution in [1.29, 1.82) is 0 Å². The first kappa shape index (κ1) is 11.1. The summed E-state index contributed by atoms with van der Waals surface area (Å²) in [5.74, 6) is 6.18. The molecule has 0 saturated carbocycles. The lowest BCUT2D eigenvalue weighted by atomic mass is 10.0. The second kappa shape index (κ2) is 4.07. The number of nitrogens with one attached hydrogen (secondary N) is 1. The second-order valence-electron chi connectivity index (χ2n) is 3.24. The number of halogens is 1. The van der Waals surface area contributed by atoms with Gasteiger partial charge < -0.3 is 10.2 Å². The Hall–Kier alpha value is -0.930. The largest absolute Gasteiger partial charge is 0.494 e. The molecule has 1 aromatic carbocycles. The van der Waals surface area contributed by atoms with Crippen LogP contribution in [0.2, 0.25) is 5.02 Å². The van der Waals surface area contributed by atoms with E-state index >= 15 is 0 Å². The Kier molecular flexibility index (Phi) is 3.24. The molecular weight excluding hydrogens is 200 g/mol. The van der Waals surface area contributed by atoms with E-state index in [9.17, 15) is 0 Å². The number of rotatable bonds is 2. The van der Waals surface area contributed by atoms with Gasteiger partial charge in [-0.05, 0) is 37.5 Å². The Morgan fingerprint density at radius 3 is 2.14 bits per heavy atom. The third-order valence-corrected chi connectivity index (χ3v) is 3.08. The zero-order chi connectivity index (χ0) is 10.9. The molecular formula is C10H15ClN2O. The van der Waals surface area contributed by atoms with Crippen molar-refractivity contribution in [2.45, 2.75) is 20.8 Å². The van der Waals surface area contributed by atoms with Crippen molar-refractivity contribution in [2.75, 3.05) is 12.5 Å². The van der Waals surface area contributed by atoms with Crippen molar-refractivity contribution >= 4 is 17.3 Å². The van der Waals surface area contributed by atoms with Crippen molar-refractivity contribution in [3.63, 3.8) is 0 Å². The third kappa shape index (κ3) is 1.53. The Bertz CT molecular complexity index is 329. The predicted octanol–water partition coefficient (Wildman–Crippen LogP) is 2.56. The molecule has 1 rings (SSSR count). The van der Waals surface area contributed by atoms with Crippen LogP contribution >= 0.6 is 11.6 Å². The van der Waals surface area contributed by atoms with Crippen LogP contribution < -0.4 is 16.0 Å². The number of methoxy groups -OCH3 is 1. The van der Waals surface area contributed by atoms with Gasteiger partial charge in [0.15, 0.2) is 0 Å². The average Bonchev–Trinajstić information content (AvgIpc) is 2.20. The first-order chi connectivity index (χ1) is 6.54. The lowest BCUT2D eigenvalue weighted by Crippen LogP contribution is -2.11. The first-order valence-electron chi connectivity index (χ1n) is 4.34. The quantitative estimate of drug-likeness (QED) is 0.588. The molecule has 78 valence electrons. The van der Waals surface area contributed by atoms with Gasteiger partial charge in [-0.1, -0.05) is 11.6 Å². The summed E-state index contributed by atoms with van der Waals surface area (Å²) in [5.41, 5.74) is 6.31. The van der Waals surface area contributed by atoms with Crippen LogP contribution in [0.15, 0.2) is 0 Å². The van der Waals surface area contributed by atoms with E-state index < -0.39 is 0 Å². The summed E-state index contributed by atoms with van der Waals surface area (Å²) < 4.78 is 5.28. The second-order valence-corrected chi connectivity index (χ2v) is 3.62. The fourth-order valence-electron chi connectivity index (χ4n) is 1.51. The average molecular weight is 215 g/mol. The van der Waals surface area contributed by atoms with Gasteiger partial charge in [0.2, 0.25) is 0 Å². The Balaban J connectivity index is 3.57. The van der Waals surface area contributed by atoms with Gasteiger partial charge in [-0.25, -0.2) is 0 Å². The van der Waals surface area contributed by atoms with Crippen LogP contribution in [0, 0.1) is 20.8 Å². The van der Waals surface area contributed by atoms with Gasteiger partial charge in [0.1, 0.15) is 5.75 Å². The minimum absolute atomic E-state index is 0.733.